The molecular formula is C25H23FN2O2S2. The number of fused-ring (bicyclic) bond motifs is 6. The third kappa shape index (κ3) is 3.33. The van der Waals surface area contributed by atoms with Gasteiger partial charge in [-0.25, -0.2) is 4.39 Å². The van der Waals surface area contributed by atoms with Crippen molar-refractivity contribution in [1.29, 1.82) is 0 Å². The molecule has 32 heavy (non-hydrogen) atoms. The Morgan fingerprint density at radius 1 is 1.06 bits per heavy atom. The highest BCUT2D eigenvalue weighted by Gasteiger charge is 2.55. The van der Waals surface area contributed by atoms with Crippen LogP contribution in [-0.4, -0.2) is 15.7 Å². The third-order valence-corrected chi connectivity index (χ3v) is 10.1. The van der Waals surface area contributed by atoms with E-state index in [0.717, 1.165) is 21.2 Å². The lowest BCUT2D eigenvalue weighted by molar-refractivity contribution is -0.116. The van der Waals surface area contributed by atoms with E-state index in [1.165, 1.54) is 42.7 Å². The maximum atomic E-state index is 13.7. The number of anilines is 1. The minimum absolute atomic E-state index is 0.00812. The van der Waals surface area contributed by atoms with E-state index in [1.54, 1.807) is 4.57 Å². The van der Waals surface area contributed by atoms with Crippen LogP contribution in [0.2, 0.25) is 0 Å². The molecule has 2 aliphatic carbocycles. The fourth-order valence-corrected chi connectivity index (χ4v) is 9.15. The van der Waals surface area contributed by atoms with Gasteiger partial charge in [0.2, 0.25) is 5.91 Å². The number of aromatic nitrogens is 1. The summed E-state index contributed by atoms with van der Waals surface area (Å²) in [5.41, 5.74) is 1.80. The van der Waals surface area contributed by atoms with Gasteiger partial charge in [-0.05, 0) is 66.8 Å². The Bertz CT molecular complexity index is 1220. The molecule has 164 valence electrons. The van der Waals surface area contributed by atoms with E-state index >= 15 is 0 Å². The normalized spacial score (nSPS) is 27.7. The number of rotatable bonds is 4. The van der Waals surface area contributed by atoms with Crippen LogP contribution in [-0.2, 0) is 11.3 Å². The van der Waals surface area contributed by atoms with E-state index < -0.39 is 0 Å². The van der Waals surface area contributed by atoms with Gasteiger partial charge in [-0.15, -0.1) is 11.8 Å². The zero-order valence-corrected chi connectivity index (χ0v) is 19.0. The Hall–Kier alpha value is -2.38. The van der Waals surface area contributed by atoms with E-state index in [4.69, 9.17) is 0 Å². The number of halogens is 1. The predicted octanol–water partition coefficient (Wildman–Crippen LogP) is 5.34. The summed E-state index contributed by atoms with van der Waals surface area (Å²) in [4.78, 5) is 26.8. The number of carbonyl (C=O) groups excluding carboxylic acids is 1. The second-order valence-corrected chi connectivity index (χ2v) is 11.2. The van der Waals surface area contributed by atoms with E-state index in [-0.39, 0.29) is 29.1 Å². The molecule has 1 amide bonds. The van der Waals surface area contributed by atoms with Crippen molar-refractivity contribution in [3.05, 3.63) is 80.5 Å². The highest BCUT2D eigenvalue weighted by molar-refractivity contribution is 8.00. The van der Waals surface area contributed by atoms with Gasteiger partial charge in [0.25, 0.3) is 0 Å². The number of hydrogen-bond acceptors (Lipinski definition) is 4. The second kappa shape index (κ2) is 7.89. The Morgan fingerprint density at radius 2 is 1.81 bits per heavy atom. The molecule has 0 spiro atoms. The van der Waals surface area contributed by atoms with Gasteiger partial charge in [0.1, 0.15) is 12.4 Å². The molecule has 7 heteroatoms. The molecule has 0 radical (unpaired) electrons. The smallest absolute Gasteiger partial charge is 0.308 e. The standard InChI is InChI=1S/C25H23FN2O2S2/c26-17-10-8-14(9-11-17)20-21-15-6-7-16(12-15)22(21)31-24-23(20)32-25(30)28(24)13-19(29)27-18-4-2-1-3-5-18/h1-5,8-11,15-16,20-22H,6-7,12-13H2,(H,27,29)/t15-,16-,20-,21-,22+/m0/s1. The highest BCUT2D eigenvalue weighted by atomic mass is 32.2. The van der Waals surface area contributed by atoms with Gasteiger partial charge in [0.15, 0.2) is 0 Å². The number of benzene rings is 2. The first-order chi connectivity index (χ1) is 15.6. The molecule has 2 aromatic carbocycles. The number of para-hydroxylation sites is 1. The molecule has 2 fully saturated rings. The van der Waals surface area contributed by atoms with Gasteiger partial charge in [0.05, 0.1) is 5.03 Å². The Labute approximate surface area is 193 Å². The van der Waals surface area contributed by atoms with E-state index in [9.17, 15) is 14.0 Å². The molecule has 2 bridgehead atoms. The Kier molecular flexibility index (Phi) is 4.99. The lowest BCUT2D eigenvalue weighted by Crippen LogP contribution is -2.34. The number of hydrogen-bond donors (Lipinski definition) is 1. The molecule has 4 nitrogen and oxygen atoms in total. The molecular weight excluding hydrogens is 443 g/mol. The number of thiazole rings is 1. The van der Waals surface area contributed by atoms with Gasteiger partial charge >= 0.3 is 4.87 Å². The zero-order valence-electron chi connectivity index (χ0n) is 17.4. The minimum atomic E-state index is -0.244. The summed E-state index contributed by atoms with van der Waals surface area (Å²) in [7, 11) is 0. The van der Waals surface area contributed by atoms with Crippen molar-refractivity contribution in [3.8, 4) is 0 Å². The van der Waals surface area contributed by atoms with Crippen LogP contribution in [0.1, 0.15) is 35.6 Å². The van der Waals surface area contributed by atoms with Crippen LogP contribution in [0.25, 0.3) is 0 Å². The molecule has 5 atom stereocenters. The highest BCUT2D eigenvalue weighted by Crippen LogP contribution is 2.63. The van der Waals surface area contributed by atoms with Crippen molar-refractivity contribution in [2.24, 2.45) is 17.8 Å². The first-order valence-corrected chi connectivity index (χ1v) is 12.8. The summed E-state index contributed by atoms with van der Waals surface area (Å²) in [6.07, 6.45) is 3.73. The Balaban J connectivity index is 1.38. The Morgan fingerprint density at radius 3 is 2.59 bits per heavy atom. The summed E-state index contributed by atoms with van der Waals surface area (Å²) < 4.78 is 15.3. The number of thioether (sulfide) groups is 1. The molecule has 1 aromatic heterocycles. The largest absolute Gasteiger partial charge is 0.325 e. The lowest BCUT2D eigenvalue weighted by Gasteiger charge is -2.40. The molecule has 1 aliphatic heterocycles. The van der Waals surface area contributed by atoms with Crippen LogP contribution in [0.5, 0.6) is 0 Å². The number of nitrogens with zero attached hydrogens (tertiary/aromatic N) is 1. The maximum Gasteiger partial charge on any atom is 0.308 e. The quantitative estimate of drug-likeness (QED) is 0.565. The average molecular weight is 467 g/mol. The maximum absolute atomic E-state index is 13.7. The van der Waals surface area contributed by atoms with Crippen LogP contribution >= 0.6 is 23.1 Å². The van der Waals surface area contributed by atoms with Gasteiger partial charge in [-0.3, -0.25) is 14.2 Å². The van der Waals surface area contributed by atoms with Crippen molar-refractivity contribution in [3.63, 3.8) is 0 Å². The monoisotopic (exact) mass is 466 g/mol. The fraction of sp³-hybridized carbons (Fsp3) is 0.360. The molecule has 0 unspecified atom stereocenters. The van der Waals surface area contributed by atoms with Gasteiger partial charge in [-0.1, -0.05) is 41.7 Å². The molecule has 2 saturated carbocycles. The molecule has 1 N–H and O–H groups in total. The second-order valence-electron chi connectivity index (χ2n) is 9.06. The average Bonchev–Trinajstić information content (AvgIpc) is 3.48. The summed E-state index contributed by atoms with van der Waals surface area (Å²) >= 11 is 3.07. The number of amides is 1. The van der Waals surface area contributed by atoms with Gasteiger partial charge < -0.3 is 5.32 Å². The summed E-state index contributed by atoms with van der Waals surface area (Å²) in [5.74, 6) is 1.45. The summed E-state index contributed by atoms with van der Waals surface area (Å²) in [6.45, 7) is 0.00812. The molecule has 0 saturated heterocycles. The molecule has 3 aromatic rings. The van der Waals surface area contributed by atoms with Crippen LogP contribution in [0.4, 0.5) is 10.1 Å². The first-order valence-electron chi connectivity index (χ1n) is 11.1. The van der Waals surface area contributed by atoms with Gasteiger partial charge in [-0.2, -0.15) is 0 Å². The van der Waals surface area contributed by atoms with Crippen molar-refractivity contribution in [1.82, 2.24) is 4.57 Å². The van der Waals surface area contributed by atoms with Crippen LogP contribution in [0, 0.1) is 23.6 Å². The molecule has 3 aliphatic rings. The van der Waals surface area contributed by atoms with Crippen LogP contribution in [0.15, 0.2) is 64.4 Å². The van der Waals surface area contributed by atoms with Crippen molar-refractivity contribution in [2.75, 3.05) is 5.32 Å². The number of carbonyl (C=O) groups is 1. The first kappa shape index (κ1) is 20.2. The fourth-order valence-electron chi connectivity index (χ4n) is 6.00. The summed E-state index contributed by atoms with van der Waals surface area (Å²) in [5, 5.41) is 4.28. The lowest BCUT2D eigenvalue weighted by atomic mass is 9.75. The van der Waals surface area contributed by atoms with Gasteiger partial charge in [0, 0.05) is 21.7 Å². The van der Waals surface area contributed by atoms with E-state index in [2.05, 4.69) is 5.32 Å². The third-order valence-electron chi connectivity index (χ3n) is 7.28. The zero-order chi connectivity index (χ0) is 21.8. The number of nitrogens with one attached hydrogen (secondary N) is 1. The van der Waals surface area contributed by atoms with Crippen LogP contribution < -0.4 is 10.2 Å². The SMILES string of the molecule is O=C(Cn1c2c(sc1=O)[C@@H](c1ccc(F)cc1)[C@@H]1[C@H]3CC[C@@H](C3)[C@H]1S2)Nc1ccccc1. The van der Waals surface area contributed by atoms with Crippen molar-refractivity contribution >= 4 is 34.7 Å². The van der Waals surface area contributed by atoms with E-state index in [0.29, 0.717) is 23.0 Å². The molecule has 2 heterocycles. The van der Waals surface area contributed by atoms with Crippen molar-refractivity contribution < 1.29 is 9.18 Å². The minimum Gasteiger partial charge on any atom is -0.325 e. The molecule has 6 rings (SSSR count). The summed E-state index contributed by atoms with van der Waals surface area (Å²) in [6, 6.07) is 16.1. The predicted molar refractivity (Wildman–Crippen MR) is 126 cm³/mol. The van der Waals surface area contributed by atoms with Crippen molar-refractivity contribution in [2.45, 2.75) is 42.0 Å². The van der Waals surface area contributed by atoms with E-state index in [1.807, 2.05) is 54.2 Å². The van der Waals surface area contributed by atoms with Crippen LogP contribution in [0.3, 0.4) is 0 Å². The topological polar surface area (TPSA) is 51.1 Å².